The van der Waals surface area contributed by atoms with E-state index in [0.29, 0.717) is 137 Å². The highest BCUT2D eigenvalue weighted by Gasteiger charge is 2.30. The summed E-state index contributed by atoms with van der Waals surface area (Å²) in [5, 5.41) is 18.1. The largest absolute Gasteiger partial charge is 0.496 e. The molecular weight excluding hydrogens is 1150 g/mol. The monoisotopic (exact) mass is 1250 g/mol. The van der Waals surface area contributed by atoms with Crippen molar-refractivity contribution in [3.05, 3.63) is 117 Å². The van der Waals surface area contributed by atoms with Crippen molar-refractivity contribution in [1.29, 1.82) is 10.8 Å². The van der Waals surface area contributed by atoms with Crippen LogP contribution in [-0.2, 0) is 32.0 Å². The number of carbonyl (C=O) groups excluding carboxylic acids is 8. The molecule has 0 fully saturated rings. The van der Waals surface area contributed by atoms with Gasteiger partial charge in [-0.15, -0.1) is 0 Å². The van der Waals surface area contributed by atoms with Crippen LogP contribution in [0.4, 0.5) is 0 Å². The van der Waals surface area contributed by atoms with Crippen molar-refractivity contribution in [1.82, 2.24) is 0 Å². The van der Waals surface area contributed by atoms with Gasteiger partial charge in [-0.2, -0.15) is 0 Å². The summed E-state index contributed by atoms with van der Waals surface area (Å²) < 4.78 is 23.0. The number of hydrogen-bond acceptors (Lipinski definition) is 18. The molecule has 0 amide bonds. The number of aryl methyl sites for hydroxylation is 2. The first kappa shape index (κ1) is 76.1. The van der Waals surface area contributed by atoms with Crippen LogP contribution >= 0.6 is 0 Å². The number of ketones is 8. The van der Waals surface area contributed by atoms with E-state index in [1.807, 2.05) is 12.1 Å². The second-order valence-corrected chi connectivity index (χ2v) is 23.8. The topological polar surface area (TPSA) is 325 Å². The number of methoxy groups -OCH3 is 4. The fourth-order valence-corrected chi connectivity index (χ4v) is 12.2. The maximum Gasteiger partial charge on any atom is 0.167 e. The number of Topliss-reactive ketones (excluding diaryl/α,β-unsaturated/α-hetero) is 8. The van der Waals surface area contributed by atoms with Crippen LogP contribution in [0.15, 0.2) is 72.8 Å². The highest BCUT2D eigenvalue weighted by atomic mass is 16.5. The predicted octanol–water partition coefficient (Wildman–Crippen LogP) is 12.0. The quantitative estimate of drug-likeness (QED) is 0.0136. The van der Waals surface area contributed by atoms with Crippen molar-refractivity contribution in [2.45, 2.75) is 174 Å². The molecular formula is C73H102N6O12. The first-order valence-corrected chi connectivity index (χ1v) is 32.7. The lowest BCUT2D eigenvalue weighted by atomic mass is 9.85. The molecule has 18 nitrogen and oxygen atoms in total. The molecule has 91 heavy (non-hydrogen) atoms. The zero-order valence-electron chi connectivity index (χ0n) is 55.0. The van der Waals surface area contributed by atoms with E-state index in [9.17, 15) is 43.8 Å². The summed E-state index contributed by atoms with van der Waals surface area (Å²) in [5.41, 5.74) is 26.2. The van der Waals surface area contributed by atoms with Gasteiger partial charge in [0.1, 0.15) is 46.1 Å². The van der Waals surface area contributed by atoms with Gasteiger partial charge in [-0.3, -0.25) is 38.4 Å². The van der Waals surface area contributed by atoms with E-state index < -0.39 is 17.8 Å². The molecule has 496 valence electrons. The molecule has 4 aromatic rings. The Hall–Kier alpha value is -7.38. The van der Waals surface area contributed by atoms with Crippen molar-refractivity contribution in [2.24, 2.45) is 46.6 Å². The van der Waals surface area contributed by atoms with E-state index in [0.717, 1.165) is 37.7 Å². The number of unbranched alkanes of at least 4 members (excludes halogenated alkanes) is 4. The Morgan fingerprint density at radius 2 is 0.714 bits per heavy atom. The summed E-state index contributed by atoms with van der Waals surface area (Å²) in [6, 6.07) is 20.2. The first-order valence-electron chi connectivity index (χ1n) is 32.7. The van der Waals surface area contributed by atoms with Crippen molar-refractivity contribution >= 4 is 57.7 Å². The number of ether oxygens (including phenoxy) is 4. The maximum absolute atomic E-state index is 14.4. The van der Waals surface area contributed by atoms with Gasteiger partial charge in [0.05, 0.1) is 50.7 Å². The lowest BCUT2D eigenvalue weighted by molar-refractivity contribution is -0.124. The fourth-order valence-electron chi connectivity index (χ4n) is 12.2. The number of carbonyl (C=O) groups is 8. The second-order valence-electron chi connectivity index (χ2n) is 23.8. The van der Waals surface area contributed by atoms with E-state index in [2.05, 4.69) is 6.92 Å². The van der Waals surface area contributed by atoms with Crippen LogP contribution in [0.1, 0.15) is 225 Å². The number of rotatable bonds is 50. The molecule has 18 heteroatoms. The van der Waals surface area contributed by atoms with Gasteiger partial charge in [0, 0.05) is 91.2 Å². The minimum Gasteiger partial charge on any atom is -0.496 e. The van der Waals surface area contributed by atoms with Crippen LogP contribution in [0, 0.1) is 34.5 Å². The molecule has 0 aliphatic rings. The molecule has 0 spiro atoms. The predicted molar refractivity (Wildman–Crippen MR) is 358 cm³/mol. The van der Waals surface area contributed by atoms with Gasteiger partial charge in [0.15, 0.2) is 23.1 Å². The Labute approximate surface area is 539 Å². The smallest absolute Gasteiger partial charge is 0.167 e. The molecule has 4 aromatic carbocycles. The van der Waals surface area contributed by atoms with Crippen molar-refractivity contribution < 1.29 is 57.3 Å². The van der Waals surface area contributed by atoms with Gasteiger partial charge in [0.2, 0.25) is 0 Å². The van der Waals surface area contributed by atoms with Crippen molar-refractivity contribution in [3.8, 4) is 23.0 Å². The minimum absolute atomic E-state index is 0.0132. The average Bonchev–Trinajstić information content (AvgIpc) is 2.59. The number of hydrogen-bond donors (Lipinski definition) is 6. The van der Waals surface area contributed by atoms with Gasteiger partial charge >= 0.3 is 0 Å². The molecule has 0 aliphatic heterocycles. The van der Waals surface area contributed by atoms with Crippen LogP contribution in [0.5, 0.6) is 23.0 Å². The molecule has 0 heterocycles. The molecule has 0 saturated heterocycles. The third-order valence-electron chi connectivity index (χ3n) is 17.3. The summed E-state index contributed by atoms with van der Waals surface area (Å²) >= 11 is 0. The summed E-state index contributed by atoms with van der Waals surface area (Å²) in [6.07, 6.45) is 10.4. The highest BCUT2D eigenvalue weighted by Crippen LogP contribution is 2.35. The maximum atomic E-state index is 14.4. The first-order chi connectivity index (χ1) is 43.9. The van der Waals surface area contributed by atoms with Crippen molar-refractivity contribution in [3.63, 3.8) is 0 Å². The van der Waals surface area contributed by atoms with E-state index >= 15 is 0 Å². The normalized spacial score (nSPS) is 12.5. The molecule has 0 bridgehead atoms. The lowest BCUT2D eigenvalue weighted by Gasteiger charge is -2.19. The molecule has 4 rings (SSSR count). The molecule has 4 atom stereocenters. The van der Waals surface area contributed by atoms with E-state index in [1.54, 1.807) is 60.7 Å². The highest BCUT2D eigenvalue weighted by molar-refractivity contribution is 6.15. The van der Waals surface area contributed by atoms with Crippen LogP contribution in [0.3, 0.4) is 0 Å². The van der Waals surface area contributed by atoms with Crippen LogP contribution in [-0.4, -0.2) is 112 Å². The molecule has 0 saturated carbocycles. The SMILES string of the molecule is CCCC(CCCCN)C(=O)CCc1cccc(C(=O)CCC(CCCCN)C(=O)CCc2cccc(C(=O)CC(CCCCN)C(=O)CC(=N)c3cccc(C(=O)CCC(CCCCN)C(=O)CC(=N)c4cccc(C(C)=O)c4OC)c3OC)c2OC)c1OC. The average molecular weight is 1260 g/mol. The summed E-state index contributed by atoms with van der Waals surface area (Å²) in [4.78, 5) is 111. The molecule has 10 N–H and O–H groups in total. The second kappa shape index (κ2) is 41.2. The van der Waals surface area contributed by atoms with E-state index in [4.69, 9.17) is 47.3 Å². The third-order valence-corrected chi connectivity index (χ3v) is 17.3. The lowest BCUT2D eigenvalue weighted by Crippen LogP contribution is -2.23. The Kier molecular flexibility index (Phi) is 34.4. The van der Waals surface area contributed by atoms with Crippen molar-refractivity contribution in [2.75, 3.05) is 54.6 Å². The number of para-hydroxylation sites is 4. The van der Waals surface area contributed by atoms with E-state index in [1.165, 1.54) is 35.4 Å². The van der Waals surface area contributed by atoms with Crippen LogP contribution in [0.2, 0.25) is 0 Å². The molecule has 0 aliphatic carbocycles. The Morgan fingerprint density at radius 1 is 0.385 bits per heavy atom. The van der Waals surface area contributed by atoms with Gasteiger partial charge in [-0.1, -0.05) is 75.4 Å². The molecule has 0 aromatic heterocycles. The van der Waals surface area contributed by atoms with Crippen LogP contribution < -0.4 is 41.9 Å². The zero-order chi connectivity index (χ0) is 66.8. The van der Waals surface area contributed by atoms with Gasteiger partial charge in [0.25, 0.3) is 0 Å². The molecule has 4 unspecified atom stereocenters. The number of nitrogens with two attached hydrogens (primary N) is 4. The summed E-state index contributed by atoms with van der Waals surface area (Å²) in [5.74, 6) is -2.28. The fraction of sp³-hybridized carbons (Fsp3) is 0.534. The van der Waals surface area contributed by atoms with E-state index in [-0.39, 0.29) is 143 Å². The summed E-state index contributed by atoms with van der Waals surface area (Å²) in [7, 11) is 5.77. The zero-order valence-corrected chi connectivity index (χ0v) is 55.0. The Balaban J connectivity index is 1.47. The van der Waals surface area contributed by atoms with Gasteiger partial charge in [-0.25, -0.2) is 0 Å². The van der Waals surface area contributed by atoms with Gasteiger partial charge in [-0.05, 0) is 164 Å². The molecule has 0 radical (unpaired) electrons. The van der Waals surface area contributed by atoms with Crippen LogP contribution in [0.25, 0.3) is 0 Å². The number of nitrogens with one attached hydrogen (secondary N) is 2. The minimum atomic E-state index is -0.803. The Morgan fingerprint density at radius 3 is 1.11 bits per heavy atom. The summed E-state index contributed by atoms with van der Waals surface area (Å²) in [6.45, 7) is 5.34. The van der Waals surface area contributed by atoms with Gasteiger partial charge < -0.3 is 52.7 Å². The standard InChI is InChI=1S/C73H102N6O12/c1-7-20-49(21-8-12-41-74)63(81)37-35-52-25-16-30-58(70(52)88-3)65(83)39-33-50(22-9-13-42-75)64(82)38-36-53-26-17-31-60(71(53)89-4)69(87)45-54(24-11-15-44-77)68(86)47-62(79)57-29-19-32-59(73(57)91-6)66(84)40-34-51(23-10-14-43-76)67(85)46-61(78)56-28-18-27-55(48(2)80)72(56)90-5/h16-19,25-32,49-51,54,78-79H,7-15,20-24,33-47,74-77H2,1-6H3. The third kappa shape index (κ3) is 23.4. The number of benzene rings is 4. The Bertz CT molecular complexity index is 3100.